The average Bonchev–Trinajstić information content (AvgIpc) is 2.65. The number of nitrogens with one attached hydrogen (secondary N) is 2. The summed E-state index contributed by atoms with van der Waals surface area (Å²) < 4.78 is 0. The van der Waals surface area contributed by atoms with E-state index in [1.54, 1.807) is 0 Å². The van der Waals surface area contributed by atoms with Crippen molar-refractivity contribution in [3.8, 4) is 0 Å². The molecular weight excluding hydrogens is 162 g/mol. The van der Waals surface area contributed by atoms with E-state index in [2.05, 4.69) is 21.9 Å². The van der Waals surface area contributed by atoms with E-state index in [9.17, 15) is 0 Å². The Morgan fingerprint density at radius 1 is 1.46 bits per heavy atom. The van der Waals surface area contributed by atoms with Gasteiger partial charge in [0, 0.05) is 18.4 Å². The lowest BCUT2D eigenvalue weighted by atomic mass is 9.83. The Morgan fingerprint density at radius 2 is 2.46 bits per heavy atom. The predicted octanol–water partition coefficient (Wildman–Crippen LogP) is 0.793. The van der Waals surface area contributed by atoms with Crippen molar-refractivity contribution in [2.45, 2.75) is 18.9 Å². The van der Waals surface area contributed by atoms with Gasteiger partial charge >= 0.3 is 0 Å². The van der Waals surface area contributed by atoms with Crippen molar-refractivity contribution in [3.05, 3.63) is 29.6 Å². The maximum absolute atomic E-state index is 4.41. The van der Waals surface area contributed by atoms with Crippen molar-refractivity contribution >= 4 is 0 Å². The van der Waals surface area contributed by atoms with Crippen LogP contribution in [0.25, 0.3) is 0 Å². The molecule has 1 aliphatic carbocycles. The van der Waals surface area contributed by atoms with Crippen molar-refractivity contribution in [1.82, 2.24) is 15.8 Å². The number of pyridine rings is 1. The van der Waals surface area contributed by atoms with Crippen LogP contribution in [0.3, 0.4) is 0 Å². The zero-order chi connectivity index (χ0) is 8.67. The summed E-state index contributed by atoms with van der Waals surface area (Å²) in [5.74, 6) is 0.761. The first kappa shape index (κ1) is 7.47. The number of hydrogen-bond donors (Lipinski definition) is 2. The lowest BCUT2D eigenvalue weighted by Crippen LogP contribution is -2.27. The third kappa shape index (κ3) is 1.08. The Hall–Kier alpha value is -0.930. The van der Waals surface area contributed by atoms with Gasteiger partial charge in [0.25, 0.3) is 0 Å². The number of fused-ring (bicyclic) bond motifs is 3. The van der Waals surface area contributed by atoms with Gasteiger partial charge in [0.1, 0.15) is 0 Å². The summed E-state index contributed by atoms with van der Waals surface area (Å²) in [5.41, 5.74) is 9.22. The lowest BCUT2D eigenvalue weighted by molar-refractivity contribution is 0.413. The summed E-state index contributed by atoms with van der Waals surface area (Å²) >= 11 is 0. The molecule has 2 atom stereocenters. The molecule has 1 aromatic rings. The first-order valence-corrected chi connectivity index (χ1v) is 4.87. The van der Waals surface area contributed by atoms with Crippen molar-refractivity contribution in [1.29, 1.82) is 0 Å². The molecule has 3 nitrogen and oxygen atoms in total. The van der Waals surface area contributed by atoms with Crippen molar-refractivity contribution in [2.24, 2.45) is 5.92 Å². The molecule has 3 rings (SSSR count). The molecule has 1 aromatic heterocycles. The fourth-order valence-electron chi connectivity index (χ4n) is 2.40. The normalized spacial score (nSPS) is 31.1. The highest BCUT2D eigenvalue weighted by atomic mass is 15.4. The summed E-state index contributed by atoms with van der Waals surface area (Å²) in [5, 5.41) is 0. The molecule has 13 heavy (non-hydrogen) atoms. The van der Waals surface area contributed by atoms with E-state index < -0.39 is 0 Å². The Morgan fingerprint density at radius 3 is 3.46 bits per heavy atom. The highest BCUT2D eigenvalue weighted by Gasteiger charge is 2.33. The second-order valence-corrected chi connectivity index (χ2v) is 3.84. The summed E-state index contributed by atoms with van der Waals surface area (Å²) in [6.07, 6.45) is 4.29. The van der Waals surface area contributed by atoms with Gasteiger partial charge in [-0.15, -0.1) is 0 Å². The molecule has 2 unspecified atom stereocenters. The quantitative estimate of drug-likeness (QED) is 0.612. The summed E-state index contributed by atoms with van der Waals surface area (Å²) in [6.45, 7) is 1.10. The largest absolute Gasteiger partial charge is 0.261 e. The van der Waals surface area contributed by atoms with E-state index >= 15 is 0 Å². The summed E-state index contributed by atoms with van der Waals surface area (Å²) in [4.78, 5) is 4.41. The van der Waals surface area contributed by atoms with Crippen molar-refractivity contribution in [3.63, 3.8) is 0 Å². The van der Waals surface area contributed by atoms with Gasteiger partial charge in [0.05, 0.1) is 6.04 Å². The molecule has 1 aliphatic heterocycles. The Balaban J connectivity index is 2.06. The second-order valence-electron chi connectivity index (χ2n) is 3.84. The van der Waals surface area contributed by atoms with Crippen LogP contribution < -0.4 is 10.9 Å². The lowest BCUT2D eigenvalue weighted by Gasteiger charge is -2.25. The van der Waals surface area contributed by atoms with Gasteiger partial charge in [0.2, 0.25) is 0 Å². The molecule has 2 aliphatic rings. The SMILES string of the molecule is c1cnc2c(c1)C1NNCC1CC2. The number of nitrogens with zero attached hydrogens (tertiary/aromatic N) is 1. The van der Waals surface area contributed by atoms with E-state index in [4.69, 9.17) is 0 Å². The molecule has 2 N–H and O–H groups in total. The molecule has 68 valence electrons. The minimum atomic E-state index is 0.498. The Bertz CT molecular complexity index is 324. The molecule has 2 heterocycles. The molecule has 0 spiro atoms. The van der Waals surface area contributed by atoms with E-state index in [0.717, 1.165) is 18.9 Å². The Labute approximate surface area is 77.5 Å². The van der Waals surface area contributed by atoms with Crippen LogP contribution in [-0.4, -0.2) is 11.5 Å². The van der Waals surface area contributed by atoms with Crippen molar-refractivity contribution in [2.75, 3.05) is 6.54 Å². The minimum absolute atomic E-state index is 0.498. The zero-order valence-corrected chi connectivity index (χ0v) is 7.46. The number of hydrogen-bond acceptors (Lipinski definition) is 3. The van der Waals surface area contributed by atoms with Crippen LogP contribution in [0.4, 0.5) is 0 Å². The van der Waals surface area contributed by atoms with Crippen LogP contribution >= 0.6 is 0 Å². The van der Waals surface area contributed by atoms with Gasteiger partial charge in [-0.3, -0.25) is 10.4 Å². The van der Waals surface area contributed by atoms with Gasteiger partial charge in [-0.05, 0) is 30.4 Å². The molecule has 0 saturated carbocycles. The minimum Gasteiger partial charge on any atom is -0.261 e. The fraction of sp³-hybridized carbons (Fsp3) is 0.500. The topological polar surface area (TPSA) is 37.0 Å². The van der Waals surface area contributed by atoms with Gasteiger partial charge < -0.3 is 0 Å². The third-order valence-electron chi connectivity index (χ3n) is 3.11. The van der Waals surface area contributed by atoms with Gasteiger partial charge in [-0.25, -0.2) is 5.43 Å². The van der Waals surface area contributed by atoms with Crippen LogP contribution in [0.1, 0.15) is 23.7 Å². The maximum atomic E-state index is 4.41. The molecule has 0 radical (unpaired) electrons. The molecular formula is C10H13N3. The standard InChI is InChI=1S/C10H13N3/c1-2-8-9(11-5-1)4-3-7-6-12-13-10(7)8/h1-2,5,7,10,12-13H,3-4,6H2. The van der Waals surface area contributed by atoms with Crippen molar-refractivity contribution < 1.29 is 0 Å². The number of rotatable bonds is 0. The average molecular weight is 175 g/mol. The highest BCUT2D eigenvalue weighted by Crippen LogP contribution is 2.34. The highest BCUT2D eigenvalue weighted by molar-refractivity contribution is 5.28. The smallest absolute Gasteiger partial charge is 0.0521 e. The van der Waals surface area contributed by atoms with Gasteiger partial charge in [0.15, 0.2) is 0 Å². The van der Waals surface area contributed by atoms with Gasteiger partial charge in [-0.2, -0.15) is 0 Å². The fourth-order valence-corrected chi connectivity index (χ4v) is 2.40. The van der Waals surface area contributed by atoms with Crippen LogP contribution in [0.15, 0.2) is 18.3 Å². The molecule has 0 aromatic carbocycles. The molecule has 0 amide bonds. The monoisotopic (exact) mass is 175 g/mol. The van der Waals surface area contributed by atoms with Crippen LogP contribution in [-0.2, 0) is 6.42 Å². The van der Waals surface area contributed by atoms with E-state index in [1.807, 2.05) is 12.3 Å². The zero-order valence-electron chi connectivity index (χ0n) is 7.46. The predicted molar refractivity (Wildman–Crippen MR) is 49.9 cm³/mol. The summed E-state index contributed by atoms with van der Waals surface area (Å²) in [6, 6.07) is 4.72. The van der Waals surface area contributed by atoms with E-state index in [1.165, 1.54) is 17.7 Å². The Kier molecular flexibility index (Phi) is 1.60. The van der Waals surface area contributed by atoms with Crippen LogP contribution in [0.5, 0.6) is 0 Å². The molecule has 3 heteroatoms. The third-order valence-corrected chi connectivity index (χ3v) is 3.11. The first-order valence-electron chi connectivity index (χ1n) is 4.87. The maximum Gasteiger partial charge on any atom is 0.0521 e. The van der Waals surface area contributed by atoms with Crippen LogP contribution in [0, 0.1) is 5.92 Å². The number of aryl methyl sites for hydroxylation is 1. The van der Waals surface area contributed by atoms with E-state index in [-0.39, 0.29) is 0 Å². The summed E-state index contributed by atoms with van der Waals surface area (Å²) in [7, 11) is 0. The number of hydrazine groups is 1. The molecule has 0 bridgehead atoms. The molecule has 1 saturated heterocycles. The number of aromatic nitrogens is 1. The molecule has 1 fully saturated rings. The second kappa shape index (κ2) is 2.79. The van der Waals surface area contributed by atoms with Gasteiger partial charge in [-0.1, -0.05) is 6.07 Å². The first-order chi connectivity index (χ1) is 6.45. The van der Waals surface area contributed by atoms with Crippen LogP contribution in [0.2, 0.25) is 0 Å². The van der Waals surface area contributed by atoms with E-state index in [0.29, 0.717) is 6.04 Å².